The third-order valence-electron chi connectivity index (χ3n) is 9.50. The van der Waals surface area contributed by atoms with Gasteiger partial charge in [-0.25, -0.2) is 14.6 Å². The van der Waals surface area contributed by atoms with Crippen molar-refractivity contribution >= 4 is 47.4 Å². The topological polar surface area (TPSA) is 221 Å². The first-order valence-electron chi connectivity index (χ1n) is 19.1. The number of rotatable bonds is 20. The Bertz CT molecular complexity index is 1940. The number of nitrogens with zero attached hydrogens (tertiary/aromatic N) is 1. The Morgan fingerprint density at radius 3 is 2.35 bits per heavy atom. The van der Waals surface area contributed by atoms with E-state index in [4.69, 9.17) is 30.1 Å². The summed E-state index contributed by atoms with van der Waals surface area (Å²) in [5, 5.41) is 16.3. The van der Waals surface area contributed by atoms with Crippen molar-refractivity contribution < 1.29 is 42.9 Å². The van der Waals surface area contributed by atoms with Gasteiger partial charge in [-0.2, -0.15) is 0 Å². The lowest BCUT2D eigenvalue weighted by atomic mass is 9.94. The number of hydrogen-bond acceptors (Lipinski definition) is 12. The lowest BCUT2D eigenvalue weighted by Gasteiger charge is -2.18. The summed E-state index contributed by atoms with van der Waals surface area (Å²) in [4.78, 5) is 69.8. The number of anilines is 1. The molecule has 1 aromatic heterocycles. The van der Waals surface area contributed by atoms with Gasteiger partial charge >= 0.3 is 18.0 Å². The third kappa shape index (κ3) is 12.5. The van der Waals surface area contributed by atoms with Crippen LogP contribution in [0.3, 0.4) is 0 Å². The number of aromatic nitrogens is 1. The van der Waals surface area contributed by atoms with Crippen LogP contribution in [0.2, 0.25) is 0 Å². The van der Waals surface area contributed by atoms with Crippen LogP contribution in [0.5, 0.6) is 5.75 Å². The van der Waals surface area contributed by atoms with E-state index in [0.29, 0.717) is 41.4 Å². The van der Waals surface area contributed by atoms with Crippen molar-refractivity contribution in [3.63, 3.8) is 0 Å². The summed E-state index contributed by atoms with van der Waals surface area (Å²) in [6, 6.07) is 11.3. The van der Waals surface area contributed by atoms with Crippen molar-refractivity contribution in [3.05, 3.63) is 83.2 Å². The third-order valence-corrected chi connectivity index (χ3v) is 9.50. The molecule has 6 N–H and O–H groups in total. The molecule has 0 spiro atoms. The summed E-state index contributed by atoms with van der Waals surface area (Å²) in [5.74, 6) is -2.52. The number of carbonyl (C=O) groups is 5. The van der Waals surface area contributed by atoms with Crippen molar-refractivity contribution in [2.24, 2.45) is 17.6 Å². The molecule has 57 heavy (non-hydrogen) atoms. The Balaban J connectivity index is 1.61. The smallest absolute Gasteiger partial charge is 0.412 e. The fraction of sp³-hybridized carbons (Fsp3) is 0.405. The lowest BCUT2D eigenvalue weighted by molar-refractivity contribution is -0.155. The number of nitrogens with two attached hydrogens (primary N) is 1. The Morgan fingerprint density at radius 2 is 1.70 bits per heavy atom. The number of amidine groups is 1. The molecule has 0 saturated heterocycles. The average Bonchev–Trinajstić information content (AvgIpc) is 4.06. The van der Waals surface area contributed by atoms with Gasteiger partial charge in [0.25, 0.3) is 11.8 Å². The Hall–Kier alpha value is -6.09. The van der Waals surface area contributed by atoms with Crippen LogP contribution in [0.25, 0.3) is 17.2 Å². The number of unbranched alkanes of at least 4 members (excludes halogenated alkanes) is 3. The monoisotopic (exact) mass is 784 g/mol. The zero-order valence-corrected chi connectivity index (χ0v) is 32.9. The number of esters is 2. The highest BCUT2D eigenvalue weighted by Crippen LogP contribution is 2.35. The Morgan fingerprint density at radius 1 is 0.965 bits per heavy atom. The van der Waals surface area contributed by atoms with E-state index < -0.39 is 42.7 Å². The molecule has 304 valence electrons. The standard InChI is InChI=1S/C42H52N6O9/c1-6-9-10-11-20-55-42(53)48-37(44)28-14-16-29(17-15-28)46-38(49)32-21-27(8-3)34(54-5)22-31(32)30-18-19-33(39(50)45-23-26-12-13-26)47-36(30)41(52)57-24-56-40(51)35(43)25(4)7-2/h8,14-19,21-22,25-26,35H,3,6-7,9-13,20,23-24,43H2,1-2,4-5H3,(H,45,50)(H,46,49)(H2,44,48,53)/t25?,35-/m0/s1. The summed E-state index contributed by atoms with van der Waals surface area (Å²) >= 11 is 0. The Kier molecular flexibility index (Phi) is 16.3. The number of benzene rings is 2. The van der Waals surface area contributed by atoms with Gasteiger partial charge in [-0.15, -0.1) is 0 Å². The molecule has 3 aromatic rings. The second-order valence-electron chi connectivity index (χ2n) is 13.7. The van der Waals surface area contributed by atoms with E-state index in [0.717, 1.165) is 38.5 Å². The lowest BCUT2D eigenvalue weighted by Crippen LogP contribution is -2.38. The van der Waals surface area contributed by atoms with Crippen LogP contribution in [0.15, 0.2) is 55.1 Å². The van der Waals surface area contributed by atoms with E-state index in [1.54, 1.807) is 31.2 Å². The fourth-order valence-corrected chi connectivity index (χ4v) is 5.57. The number of amides is 3. The first kappa shape index (κ1) is 43.6. The first-order valence-corrected chi connectivity index (χ1v) is 19.1. The molecule has 1 aliphatic carbocycles. The predicted octanol–water partition coefficient (Wildman–Crippen LogP) is 6.46. The van der Waals surface area contributed by atoms with Gasteiger partial charge in [0.15, 0.2) is 5.69 Å². The van der Waals surface area contributed by atoms with Gasteiger partial charge in [0.05, 0.1) is 13.7 Å². The maximum atomic E-state index is 14.0. The van der Waals surface area contributed by atoms with Crippen LogP contribution in [-0.4, -0.2) is 73.8 Å². The second-order valence-corrected chi connectivity index (χ2v) is 13.7. The maximum Gasteiger partial charge on any atom is 0.412 e. The molecule has 1 saturated carbocycles. The molecular formula is C42H52N6O9. The van der Waals surface area contributed by atoms with Gasteiger partial charge in [0, 0.05) is 40.0 Å². The van der Waals surface area contributed by atoms with E-state index in [2.05, 4.69) is 34.4 Å². The normalized spacial score (nSPS) is 13.0. The SMILES string of the molecule is C=Cc1cc(C(=O)Nc2ccc(C(=N)NC(=O)OCCCCCC)cc2)c(-c2ccc(C(=O)NCC3CC3)nc2C(=O)OCOC(=O)[C@@H](N)C(C)CC)cc1OC. The average molecular weight is 785 g/mol. The molecule has 0 radical (unpaired) electrons. The molecule has 15 heteroatoms. The molecule has 3 amide bonds. The van der Waals surface area contributed by atoms with E-state index >= 15 is 0 Å². The molecular weight excluding hydrogens is 732 g/mol. The van der Waals surface area contributed by atoms with Gasteiger partial charge in [-0.05, 0) is 79.6 Å². The minimum Gasteiger partial charge on any atom is -0.496 e. The van der Waals surface area contributed by atoms with Crippen molar-refractivity contribution in [1.82, 2.24) is 15.6 Å². The molecule has 2 atom stereocenters. The van der Waals surface area contributed by atoms with Crippen LogP contribution < -0.4 is 26.4 Å². The van der Waals surface area contributed by atoms with Crippen LogP contribution in [0, 0.1) is 17.2 Å². The number of hydrogen-bond donors (Lipinski definition) is 5. The quantitative estimate of drug-likeness (QED) is 0.0275. The van der Waals surface area contributed by atoms with E-state index in [1.807, 2.05) is 6.92 Å². The van der Waals surface area contributed by atoms with Crippen molar-refractivity contribution in [1.29, 1.82) is 5.41 Å². The number of methoxy groups -OCH3 is 1. The molecule has 1 heterocycles. The molecule has 0 bridgehead atoms. The van der Waals surface area contributed by atoms with Gasteiger partial charge in [0.2, 0.25) is 6.79 Å². The van der Waals surface area contributed by atoms with E-state index in [-0.39, 0.29) is 46.4 Å². The van der Waals surface area contributed by atoms with Crippen LogP contribution >= 0.6 is 0 Å². The second kappa shape index (κ2) is 21.3. The molecule has 0 aliphatic heterocycles. The van der Waals surface area contributed by atoms with Crippen LogP contribution in [0.1, 0.15) is 108 Å². The summed E-state index contributed by atoms with van der Waals surface area (Å²) < 4.78 is 21.2. The Labute approximate surface area is 332 Å². The first-order chi connectivity index (χ1) is 27.4. The van der Waals surface area contributed by atoms with Gasteiger partial charge in [-0.3, -0.25) is 25.1 Å². The van der Waals surface area contributed by atoms with Crippen molar-refractivity contribution in [2.75, 3.05) is 32.4 Å². The highest BCUT2D eigenvalue weighted by atomic mass is 16.7. The number of alkyl carbamates (subject to hydrolysis) is 1. The molecule has 1 unspecified atom stereocenters. The predicted molar refractivity (Wildman–Crippen MR) is 215 cm³/mol. The molecule has 1 aliphatic rings. The van der Waals surface area contributed by atoms with E-state index in [9.17, 15) is 24.0 Å². The summed E-state index contributed by atoms with van der Waals surface area (Å²) in [6.45, 7) is 9.55. The molecule has 4 rings (SSSR count). The molecule has 15 nitrogen and oxygen atoms in total. The largest absolute Gasteiger partial charge is 0.496 e. The van der Waals surface area contributed by atoms with Gasteiger partial charge in [0.1, 0.15) is 23.3 Å². The van der Waals surface area contributed by atoms with Crippen LogP contribution in [0.4, 0.5) is 10.5 Å². The van der Waals surface area contributed by atoms with Crippen molar-refractivity contribution in [3.8, 4) is 16.9 Å². The van der Waals surface area contributed by atoms with E-state index in [1.165, 1.54) is 37.5 Å². The highest BCUT2D eigenvalue weighted by molar-refractivity contribution is 6.11. The summed E-state index contributed by atoms with van der Waals surface area (Å²) in [7, 11) is 1.44. The summed E-state index contributed by atoms with van der Waals surface area (Å²) in [6.07, 6.45) is 7.23. The molecule has 1 fully saturated rings. The minimum absolute atomic E-state index is 0.0665. The fourth-order valence-electron chi connectivity index (χ4n) is 5.57. The maximum absolute atomic E-state index is 14.0. The summed E-state index contributed by atoms with van der Waals surface area (Å²) in [5.41, 5.74) is 7.17. The number of pyridine rings is 1. The van der Waals surface area contributed by atoms with Gasteiger partial charge in [-0.1, -0.05) is 59.1 Å². The zero-order chi connectivity index (χ0) is 41.5. The number of nitrogens with one attached hydrogen (secondary N) is 4. The van der Waals surface area contributed by atoms with Crippen molar-refractivity contribution in [2.45, 2.75) is 71.8 Å². The zero-order valence-electron chi connectivity index (χ0n) is 32.9. The highest BCUT2D eigenvalue weighted by Gasteiger charge is 2.27. The van der Waals surface area contributed by atoms with Gasteiger partial charge < -0.3 is 35.3 Å². The van der Waals surface area contributed by atoms with Crippen LogP contribution in [-0.2, 0) is 19.0 Å². The number of carbonyl (C=O) groups excluding carboxylic acids is 5. The molecule has 2 aromatic carbocycles. The minimum atomic E-state index is -1.03. The number of ether oxygens (including phenoxy) is 4.